The Kier molecular flexibility index (Phi) is 2.26. The molecule has 7 heteroatoms. The van der Waals surface area contributed by atoms with Crippen LogP contribution in [0.5, 0.6) is 11.5 Å². The maximum absolute atomic E-state index is 5.28. The van der Waals surface area contributed by atoms with E-state index in [1.165, 1.54) is 0 Å². The number of aromatic amines is 1. The molecule has 3 aromatic rings. The third-order valence-electron chi connectivity index (χ3n) is 2.81. The van der Waals surface area contributed by atoms with Gasteiger partial charge in [-0.15, -0.1) is 0 Å². The first-order valence-electron chi connectivity index (χ1n) is 5.44. The number of hydrogen-bond donors (Lipinski definition) is 2. The van der Waals surface area contributed by atoms with Crippen molar-refractivity contribution in [3.8, 4) is 11.5 Å². The van der Waals surface area contributed by atoms with E-state index >= 15 is 0 Å². The number of H-pyrrole nitrogens is 1. The fourth-order valence-electron chi connectivity index (χ4n) is 1.92. The molecular weight excluding hydrogens is 234 g/mol. The van der Waals surface area contributed by atoms with Crippen molar-refractivity contribution in [1.29, 1.82) is 0 Å². The summed E-state index contributed by atoms with van der Waals surface area (Å²) in [5.41, 5.74) is 1.69. The first-order chi connectivity index (χ1) is 8.76. The summed E-state index contributed by atoms with van der Waals surface area (Å²) in [6.07, 6.45) is 0. The van der Waals surface area contributed by atoms with Crippen LogP contribution in [0.4, 0.5) is 5.95 Å². The van der Waals surface area contributed by atoms with Crippen LogP contribution in [0.25, 0.3) is 16.8 Å². The van der Waals surface area contributed by atoms with Gasteiger partial charge in [0.2, 0.25) is 5.95 Å². The molecule has 1 aromatic carbocycles. The van der Waals surface area contributed by atoms with Gasteiger partial charge in [0.15, 0.2) is 11.5 Å². The molecule has 0 spiro atoms. The summed E-state index contributed by atoms with van der Waals surface area (Å²) in [6.45, 7) is 0. The molecule has 2 aromatic heterocycles. The maximum Gasteiger partial charge on any atom is 0.253 e. The van der Waals surface area contributed by atoms with Crippen LogP contribution in [0.1, 0.15) is 0 Å². The van der Waals surface area contributed by atoms with Gasteiger partial charge < -0.3 is 14.8 Å². The zero-order valence-corrected chi connectivity index (χ0v) is 10.3. The lowest BCUT2D eigenvalue weighted by Crippen LogP contribution is -1.93. The molecule has 0 aliphatic carbocycles. The lowest BCUT2D eigenvalue weighted by atomic mass is 10.3. The molecule has 0 fully saturated rings. The number of aromatic nitrogens is 4. The Bertz CT molecular complexity index is 715. The number of benzene rings is 1. The molecule has 0 atom stereocenters. The normalized spacial score (nSPS) is 11.1. The number of imidazole rings is 1. The first kappa shape index (κ1) is 10.7. The fraction of sp³-hybridized carbons (Fsp3) is 0.273. The van der Waals surface area contributed by atoms with Gasteiger partial charge in [-0.25, -0.2) is 9.50 Å². The Hall–Kier alpha value is -2.44. The number of nitrogens with one attached hydrogen (secondary N) is 2. The van der Waals surface area contributed by atoms with E-state index < -0.39 is 0 Å². The molecule has 0 radical (unpaired) electrons. The molecule has 0 saturated heterocycles. The van der Waals surface area contributed by atoms with Crippen molar-refractivity contribution in [3.05, 3.63) is 12.1 Å². The summed E-state index contributed by atoms with van der Waals surface area (Å²) in [7, 11) is 5.00. The second-order valence-electron chi connectivity index (χ2n) is 3.77. The molecule has 0 bridgehead atoms. The SMILES string of the molecule is CNc1nc2nc3cc(OC)c(OC)cc3n2[nH]1. The first-order valence-corrected chi connectivity index (χ1v) is 5.44. The van der Waals surface area contributed by atoms with Gasteiger partial charge in [0.25, 0.3) is 5.78 Å². The van der Waals surface area contributed by atoms with Crippen molar-refractivity contribution in [2.75, 3.05) is 26.6 Å². The van der Waals surface area contributed by atoms with Crippen molar-refractivity contribution < 1.29 is 9.47 Å². The van der Waals surface area contributed by atoms with E-state index in [9.17, 15) is 0 Å². The quantitative estimate of drug-likeness (QED) is 0.729. The van der Waals surface area contributed by atoms with Crippen molar-refractivity contribution in [2.24, 2.45) is 0 Å². The van der Waals surface area contributed by atoms with E-state index in [4.69, 9.17) is 9.47 Å². The van der Waals surface area contributed by atoms with Crippen LogP contribution in [0.15, 0.2) is 12.1 Å². The number of ether oxygens (including phenoxy) is 2. The number of anilines is 1. The van der Waals surface area contributed by atoms with E-state index in [1.807, 2.05) is 12.1 Å². The number of rotatable bonds is 3. The molecule has 94 valence electrons. The summed E-state index contributed by atoms with van der Waals surface area (Å²) < 4.78 is 12.3. The molecule has 0 amide bonds. The lowest BCUT2D eigenvalue weighted by molar-refractivity contribution is 0.355. The molecule has 2 heterocycles. The average molecular weight is 247 g/mol. The number of methoxy groups -OCH3 is 2. The second-order valence-corrected chi connectivity index (χ2v) is 3.77. The third kappa shape index (κ3) is 1.37. The Labute approximate surface area is 103 Å². The molecule has 7 nitrogen and oxygen atoms in total. The van der Waals surface area contributed by atoms with Gasteiger partial charge >= 0.3 is 0 Å². The lowest BCUT2D eigenvalue weighted by Gasteiger charge is -2.06. The molecule has 18 heavy (non-hydrogen) atoms. The van der Waals surface area contributed by atoms with E-state index in [2.05, 4.69) is 20.4 Å². The molecule has 0 aliphatic rings. The third-order valence-corrected chi connectivity index (χ3v) is 2.81. The van der Waals surface area contributed by atoms with E-state index in [-0.39, 0.29) is 0 Å². The topological polar surface area (TPSA) is 76.5 Å². The second kappa shape index (κ2) is 3.80. The molecular formula is C11H13N5O2. The van der Waals surface area contributed by atoms with Gasteiger partial charge in [0.05, 0.1) is 25.3 Å². The maximum atomic E-state index is 5.28. The predicted molar refractivity (Wildman–Crippen MR) is 67.5 cm³/mol. The molecule has 0 aliphatic heterocycles. The summed E-state index contributed by atoms with van der Waals surface area (Å²) in [4.78, 5) is 8.70. The summed E-state index contributed by atoms with van der Waals surface area (Å²) in [6, 6.07) is 3.70. The molecule has 0 unspecified atom stereocenters. The van der Waals surface area contributed by atoms with Crippen LogP contribution in [0.3, 0.4) is 0 Å². The highest BCUT2D eigenvalue weighted by Crippen LogP contribution is 2.32. The highest BCUT2D eigenvalue weighted by atomic mass is 16.5. The Morgan fingerprint density at radius 2 is 1.89 bits per heavy atom. The van der Waals surface area contributed by atoms with Crippen LogP contribution in [0, 0.1) is 0 Å². The van der Waals surface area contributed by atoms with Crippen LogP contribution >= 0.6 is 0 Å². The van der Waals surface area contributed by atoms with Crippen LogP contribution in [-0.4, -0.2) is 40.8 Å². The van der Waals surface area contributed by atoms with Crippen molar-refractivity contribution >= 4 is 22.8 Å². The van der Waals surface area contributed by atoms with Gasteiger partial charge in [0, 0.05) is 19.2 Å². The largest absolute Gasteiger partial charge is 0.493 e. The van der Waals surface area contributed by atoms with Gasteiger partial charge in [-0.3, -0.25) is 5.10 Å². The summed E-state index contributed by atoms with van der Waals surface area (Å²) in [5, 5.41) is 6.03. The minimum Gasteiger partial charge on any atom is -0.493 e. The van der Waals surface area contributed by atoms with Crippen molar-refractivity contribution in [2.45, 2.75) is 0 Å². The van der Waals surface area contributed by atoms with Gasteiger partial charge in [-0.1, -0.05) is 0 Å². The van der Waals surface area contributed by atoms with Crippen molar-refractivity contribution in [3.63, 3.8) is 0 Å². The van der Waals surface area contributed by atoms with Gasteiger partial charge in [-0.2, -0.15) is 4.98 Å². The van der Waals surface area contributed by atoms with Gasteiger partial charge in [-0.05, 0) is 0 Å². The average Bonchev–Trinajstić information content (AvgIpc) is 2.93. The number of hydrogen-bond acceptors (Lipinski definition) is 5. The standard InChI is InChI=1S/C11H13N5O2/c1-12-10-14-11-13-6-4-8(17-2)9(18-3)5-7(6)16(11)15-10/h4-5H,1-3H3,(H2,12,13,14,15). The fourth-order valence-corrected chi connectivity index (χ4v) is 1.92. The highest BCUT2D eigenvalue weighted by molar-refractivity contribution is 5.83. The van der Waals surface area contributed by atoms with Gasteiger partial charge in [0.1, 0.15) is 0 Å². The van der Waals surface area contributed by atoms with E-state index in [0.717, 1.165) is 11.0 Å². The Morgan fingerprint density at radius 1 is 1.17 bits per heavy atom. The van der Waals surface area contributed by atoms with Crippen LogP contribution < -0.4 is 14.8 Å². The Morgan fingerprint density at radius 3 is 2.56 bits per heavy atom. The summed E-state index contributed by atoms with van der Waals surface area (Å²) in [5.74, 6) is 2.57. The van der Waals surface area contributed by atoms with E-state index in [1.54, 1.807) is 25.8 Å². The van der Waals surface area contributed by atoms with Crippen LogP contribution in [-0.2, 0) is 0 Å². The zero-order valence-electron chi connectivity index (χ0n) is 10.3. The number of fused-ring (bicyclic) bond motifs is 3. The highest BCUT2D eigenvalue weighted by Gasteiger charge is 2.13. The molecule has 2 N–H and O–H groups in total. The van der Waals surface area contributed by atoms with Crippen molar-refractivity contribution in [1.82, 2.24) is 19.6 Å². The predicted octanol–water partition coefficient (Wildman–Crippen LogP) is 1.27. The number of nitrogens with zero attached hydrogens (tertiary/aromatic N) is 3. The minimum absolute atomic E-state index is 0.602. The Balaban J connectivity index is 2.32. The van der Waals surface area contributed by atoms with Crippen LogP contribution in [0.2, 0.25) is 0 Å². The van der Waals surface area contributed by atoms with E-state index in [0.29, 0.717) is 23.2 Å². The molecule has 3 rings (SSSR count). The minimum atomic E-state index is 0.602. The zero-order chi connectivity index (χ0) is 12.7. The smallest absolute Gasteiger partial charge is 0.253 e. The molecule has 0 saturated carbocycles. The summed E-state index contributed by atoms with van der Waals surface area (Å²) >= 11 is 0. The monoisotopic (exact) mass is 247 g/mol.